The van der Waals surface area contributed by atoms with Crippen molar-refractivity contribution in [3.05, 3.63) is 42.2 Å². The highest BCUT2D eigenvalue weighted by Crippen LogP contribution is 2.32. The van der Waals surface area contributed by atoms with Crippen LogP contribution < -0.4 is 5.32 Å². The molecule has 0 bridgehead atoms. The Morgan fingerprint density at radius 2 is 2.11 bits per heavy atom. The van der Waals surface area contributed by atoms with E-state index in [4.69, 9.17) is 0 Å². The number of phenolic OH excluding ortho intramolecular Hbond substituents is 1. The van der Waals surface area contributed by atoms with Crippen LogP contribution >= 0.6 is 12.4 Å². The number of aromatic hydroxyl groups is 1. The van der Waals surface area contributed by atoms with Crippen LogP contribution in [0.5, 0.6) is 5.75 Å². The summed E-state index contributed by atoms with van der Waals surface area (Å²) >= 11 is 0. The summed E-state index contributed by atoms with van der Waals surface area (Å²) in [7, 11) is 0. The molecule has 0 aromatic heterocycles. The second-order valence-electron chi connectivity index (χ2n) is 4.53. The first-order chi connectivity index (χ1) is 8.72. The Bertz CT molecular complexity index is 422. The van der Waals surface area contributed by atoms with E-state index in [1.807, 2.05) is 6.08 Å². The van der Waals surface area contributed by atoms with Crippen molar-refractivity contribution in [2.75, 3.05) is 26.2 Å². The molecule has 0 radical (unpaired) electrons. The minimum absolute atomic E-state index is 0. The Labute approximate surface area is 119 Å². The number of rotatable bonds is 4. The molecule has 1 fully saturated rings. The monoisotopic (exact) mass is 286 g/mol. The van der Waals surface area contributed by atoms with Gasteiger partial charge >= 0.3 is 0 Å². The zero-order valence-corrected chi connectivity index (χ0v) is 11.6. The third kappa shape index (κ3) is 3.93. The fourth-order valence-corrected chi connectivity index (χ4v) is 2.42. The van der Waals surface area contributed by atoms with Gasteiger partial charge in [-0.15, -0.1) is 19.0 Å². The van der Waals surface area contributed by atoms with Crippen molar-refractivity contribution in [2.24, 2.45) is 0 Å². The molecule has 0 saturated carbocycles. The summed E-state index contributed by atoms with van der Waals surface area (Å²) in [5.41, 5.74) is 0.650. The van der Waals surface area contributed by atoms with Crippen molar-refractivity contribution in [1.82, 2.24) is 10.2 Å². The summed E-state index contributed by atoms with van der Waals surface area (Å²) in [6, 6.07) is 4.12. The van der Waals surface area contributed by atoms with Crippen molar-refractivity contribution in [3.8, 4) is 5.75 Å². The van der Waals surface area contributed by atoms with E-state index in [2.05, 4.69) is 16.8 Å². The first-order valence-electron chi connectivity index (χ1n) is 6.26. The normalized spacial score (nSPS) is 17.5. The molecule has 0 spiro atoms. The second kappa shape index (κ2) is 7.48. The average molecular weight is 287 g/mol. The number of benzene rings is 1. The van der Waals surface area contributed by atoms with Gasteiger partial charge in [0.15, 0.2) is 0 Å². The molecule has 5 heteroatoms. The molecule has 1 aliphatic rings. The van der Waals surface area contributed by atoms with E-state index in [0.717, 1.165) is 26.2 Å². The molecule has 0 unspecified atom stereocenters. The van der Waals surface area contributed by atoms with Crippen LogP contribution in [0.2, 0.25) is 0 Å². The van der Waals surface area contributed by atoms with Crippen LogP contribution in [0.25, 0.3) is 0 Å². The van der Waals surface area contributed by atoms with Gasteiger partial charge in [-0.25, -0.2) is 4.39 Å². The maximum atomic E-state index is 13.3. The van der Waals surface area contributed by atoms with Crippen LogP contribution in [0.3, 0.4) is 0 Å². The molecule has 1 saturated heterocycles. The van der Waals surface area contributed by atoms with E-state index in [0.29, 0.717) is 12.0 Å². The first-order valence-corrected chi connectivity index (χ1v) is 6.26. The van der Waals surface area contributed by atoms with Gasteiger partial charge in [-0.2, -0.15) is 0 Å². The maximum Gasteiger partial charge on any atom is 0.123 e. The van der Waals surface area contributed by atoms with E-state index in [1.54, 1.807) is 0 Å². The van der Waals surface area contributed by atoms with Crippen molar-refractivity contribution >= 4 is 12.4 Å². The van der Waals surface area contributed by atoms with E-state index in [9.17, 15) is 9.50 Å². The van der Waals surface area contributed by atoms with Crippen molar-refractivity contribution in [1.29, 1.82) is 0 Å². The Hall–Kier alpha value is -1.10. The van der Waals surface area contributed by atoms with Crippen LogP contribution in [-0.2, 0) is 0 Å². The number of nitrogens with one attached hydrogen (secondary N) is 1. The summed E-state index contributed by atoms with van der Waals surface area (Å²) in [6.07, 6.45) is 2.52. The lowest BCUT2D eigenvalue weighted by Gasteiger charge is -2.35. The second-order valence-corrected chi connectivity index (χ2v) is 4.53. The van der Waals surface area contributed by atoms with Gasteiger partial charge in [0, 0.05) is 37.8 Å². The van der Waals surface area contributed by atoms with Crippen molar-refractivity contribution < 1.29 is 9.50 Å². The maximum absolute atomic E-state index is 13.3. The lowest BCUT2D eigenvalue weighted by Crippen LogP contribution is -2.45. The zero-order chi connectivity index (χ0) is 13.0. The highest BCUT2D eigenvalue weighted by Gasteiger charge is 2.23. The zero-order valence-electron chi connectivity index (χ0n) is 10.8. The lowest BCUT2D eigenvalue weighted by atomic mass is 10.00. The molecular formula is C14H20ClFN2O. The summed E-state index contributed by atoms with van der Waals surface area (Å²) in [4.78, 5) is 2.26. The molecule has 106 valence electrons. The van der Waals surface area contributed by atoms with Gasteiger partial charge < -0.3 is 10.4 Å². The number of hydrogen-bond acceptors (Lipinski definition) is 3. The smallest absolute Gasteiger partial charge is 0.123 e. The minimum Gasteiger partial charge on any atom is -0.508 e. The third-order valence-corrected chi connectivity index (χ3v) is 3.33. The fourth-order valence-electron chi connectivity index (χ4n) is 2.42. The Kier molecular flexibility index (Phi) is 6.28. The summed E-state index contributed by atoms with van der Waals surface area (Å²) in [6.45, 7) is 7.39. The van der Waals surface area contributed by atoms with E-state index in [-0.39, 0.29) is 30.0 Å². The third-order valence-electron chi connectivity index (χ3n) is 3.33. The van der Waals surface area contributed by atoms with Gasteiger partial charge in [-0.1, -0.05) is 6.08 Å². The van der Waals surface area contributed by atoms with Crippen LogP contribution in [-0.4, -0.2) is 36.2 Å². The molecule has 1 aromatic rings. The van der Waals surface area contributed by atoms with Crippen LogP contribution in [0, 0.1) is 5.82 Å². The molecular weight excluding hydrogens is 267 g/mol. The first kappa shape index (κ1) is 16.0. The van der Waals surface area contributed by atoms with Crippen LogP contribution in [0.1, 0.15) is 18.0 Å². The van der Waals surface area contributed by atoms with Gasteiger partial charge in [0.05, 0.1) is 0 Å². The van der Waals surface area contributed by atoms with Crippen LogP contribution in [0.15, 0.2) is 30.9 Å². The topological polar surface area (TPSA) is 35.5 Å². The van der Waals surface area contributed by atoms with E-state index >= 15 is 0 Å². The van der Waals surface area contributed by atoms with Crippen LogP contribution in [0.4, 0.5) is 4.39 Å². The van der Waals surface area contributed by atoms with Gasteiger partial charge in [0.1, 0.15) is 11.6 Å². The summed E-state index contributed by atoms with van der Waals surface area (Å²) in [5, 5.41) is 13.2. The molecule has 0 aliphatic carbocycles. The van der Waals surface area contributed by atoms with E-state index < -0.39 is 0 Å². The molecule has 2 rings (SSSR count). The fraction of sp³-hybridized carbons (Fsp3) is 0.429. The molecule has 1 atom stereocenters. The predicted octanol–water partition coefficient (Wildman–Crippen LogP) is 2.48. The largest absolute Gasteiger partial charge is 0.508 e. The quantitative estimate of drug-likeness (QED) is 0.835. The molecule has 1 aliphatic heterocycles. The van der Waals surface area contributed by atoms with Gasteiger partial charge in [-0.05, 0) is 24.6 Å². The number of hydrogen-bond donors (Lipinski definition) is 2. The van der Waals surface area contributed by atoms with Gasteiger partial charge in [0.25, 0.3) is 0 Å². The molecule has 2 N–H and O–H groups in total. The standard InChI is InChI=1S/C14H19FN2O.ClH/c1-2-3-13(17-8-6-16-7-9-17)12-10-11(15)4-5-14(12)18;/h2,4-5,10,13,16,18H,1,3,6-9H2;1H/t13-;/m1./s1. The van der Waals surface area contributed by atoms with Gasteiger partial charge in [-0.3, -0.25) is 4.90 Å². The average Bonchev–Trinajstić information content (AvgIpc) is 2.40. The Balaban J connectivity index is 0.00000180. The number of phenols is 1. The number of nitrogens with zero attached hydrogens (tertiary/aromatic N) is 1. The lowest BCUT2D eigenvalue weighted by molar-refractivity contribution is 0.171. The van der Waals surface area contributed by atoms with E-state index in [1.165, 1.54) is 18.2 Å². The molecule has 1 aromatic carbocycles. The minimum atomic E-state index is -0.313. The molecule has 3 nitrogen and oxygen atoms in total. The summed E-state index contributed by atoms with van der Waals surface area (Å²) in [5.74, 6) is -0.159. The highest BCUT2D eigenvalue weighted by atomic mass is 35.5. The predicted molar refractivity (Wildman–Crippen MR) is 77.3 cm³/mol. The van der Waals surface area contributed by atoms with Crippen molar-refractivity contribution in [3.63, 3.8) is 0 Å². The number of piperazine rings is 1. The molecule has 0 amide bonds. The SMILES string of the molecule is C=CC[C@H](c1cc(F)ccc1O)N1CCNCC1.Cl. The molecule has 1 heterocycles. The number of halogens is 2. The Morgan fingerprint density at radius 3 is 2.74 bits per heavy atom. The van der Waals surface area contributed by atoms with Crippen molar-refractivity contribution in [2.45, 2.75) is 12.5 Å². The molecule has 19 heavy (non-hydrogen) atoms. The van der Waals surface area contributed by atoms with Gasteiger partial charge in [0.2, 0.25) is 0 Å². The highest BCUT2D eigenvalue weighted by molar-refractivity contribution is 5.85. The summed E-state index contributed by atoms with van der Waals surface area (Å²) < 4.78 is 13.3. The Morgan fingerprint density at radius 1 is 1.42 bits per heavy atom.